The van der Waals surface area contributed by atoms with Gasteiger partial charge in [-0.1, -0.05) is 30.3 Å². The quantitative estimate of drug-likeness (QED) is 0.646. The first-order valence-electron chi connectivity index (χ1n) is 6.99. The second-order valence-electron chi connectivity index (χ2n) is 5.33. The fourth-order valence-electron chi connectivity index (χ4n) is 2.50. The van der Waals surface area contributed by atoms with Gasteiger partial charge in [-0.05, 0) is 30.0 Å². The van der Waals surface area contributed by atoms with Gasteiger partial charge in [0.15, 0.2) is 6.20 Å². The molecule has 1 N–H and O–H groups in total. The standard InChI is InChI=1S/C18H12F3NO/c1-11-3-2-4-14-9-16(22-10-15(11)14)12-5-7-13(8-6-12)17(23)18(19,20)21/h2-10H,1H3/p+1. The first kappa shape index (κ1) is 15.2. The molecule has 0 spiro atoms. The third kappa shape index (κ3) is 2.95. The second kappa shape index (κ2) is 5.50. The summed E-state index contributed by atoms with van der Waals surface area (Å²) in [5.74, 6) is -1.83. The zero-order valence-electron chi connectivity index (χ0n) is 12.2. The van der Waals surface area contributed by atoms with E-state index in [1.165, 1.54) is 24.3 Å². The lowest BCUT2D eigenvalue weighted by Gasteiger charge is -2.05. The molecule has 1 aromatic heterocycles. The lowest BCUT2D eigenvalue weighted by Crippen LogP contribution is -2.22. The smallest absolute Gasteiger partial charge is 0.284 e. The number of ketones is 1. The molecule has 0 saturated carbocycles. The summed E-state index contributed by atoms with van der Waals surface area (Å²) >= 11 is 0. The van der Waals surface area contributed by atoms with Crippen molar-refractivity contribution in [1.29, 1.82) is 0 Å². The molecule has 0 atom stereocenters. The zero-order valence-corrected chi connectivity index (χ0v) is 12.2. The average molecular weight is 316 g/mol. The average Bonchev–Trinajstić information content (AvgIpc) is 2.53. The third-order valence-corrected chi connectivity index (χ3v) is 3.75. The van der Waals surface area contributed by atoms with E-state index in [0.717, 1.165) is 22.0 Å². The molecule has 0 bridgehead atoms. The first-order valence-corrected chi connectivity index (χ1v) is 6.99. The molecule has 0 aliphatic carbocycles. The molecule has 0 fully saturated rings. The minimum Gasteiger partial charge on any atom is -0.284 e. The molecule has 3 rings (SSSR count). The Morgan fingerprint density at radius 1 is 1.04 bits per heavy atom. The Morgan fingerprint density at radius 2 is 1.74 bits per heavy atom. The van der Waals surface area contributed by atoms with Crippen LogP contribution < -0.4 is 4.98 Å². The second-order valence-corrected chi connectivity index (χ2v) is 5.33. The number of hydrogen-bond donors (Lipinski definition) is 0. The van der Waals surface area contributed by atoms with Crippen LogP contribution in [0.2, 0.25) is 0 Å². The van der Waals surface area contributed by atoms with Gasteiger partial charge in [-0.15, -0.1) is 0 Å². The molecule has 0 aliphatic rings. The number of alkyl halides is 3. The van der Waals surface area contributed by atoms with Crippen molar-refractivity contribution < 1.29 is 22.9 Å². The Morgan fingerprint density at radius 3 is 2.39 bits per heavy atom. The van der Waals surface area contributed by atoms with Crippen LogP contribution in [0, 0.1) is 6.92 Å². The Balaban J connectivity index is 1.98. The fraction of sp³-hybridized carbons (Fsp3) is 0.111. The number of aromatic nitrogens is 1. The summed E-state index contributed by atoms with van der Waals surface area (Å²) in [6.45, 7) is 2.01. The van der Waals surface area contributed by atoms with E-state index in [1.807, 2.05) is 37.4 Å². The molecule has 0 amide bonds. The zero-order chi connectivity index (χ0) is 16.6. The molecule has 2 nitrogen and oxygen atoms in total. The highest BCUT2D eigenvalue weighted by Crippen LogP contribution is 2.25. The van der Waals surface area contributed by atoms with Gasteiger partial charge >= 0.3 is 6.18 Å². The van der Waals surface area contributed by atoms with Gasteiger partial charge in [0.05, 0.1) is 0 Å². The Hall–Kier alpha value is -2.69. The van der Waals surface area contributed by atoms with Crippen LogP contribution in [-0.4, -0.2) is 12.0 Å². The normalized spacial score (nSPS) is 11.7. The number of hydrogen-bond acceptors (Lipinski definition) is 1. The number of fused-ring (bicyclic) bond motifs is 1. The molecule has 0 aliphatic heterocycles. The molecular formula is C18H13F3NO+. The van der Waals surface area contributed by atoms with E-state index >= 15 is 0 Å². The summed E-state index contributed by atoms with van der Waals surface area (Å²) in [6.07, 6.45) is -2.98. The number of carbonyl (C=O) groups is 1. The van der Waals surface area contributed by atoms with Gasteiger partial charge in [0, 0.05) is 22.6 Å². The van der Waals surface area contributed by atoms with Crippen molar-refractivity contribution in [2.45, 2.75) is 13.1 Å². The molecule has 0 radical (unpaired) electrons. The lowest BCUT2D eigenvalue weighted by molar-refractivity contribution is -0.362. The van der Waals surface area contributed by atoms with Crippen molar-refractivity contribution in [1.82, 2.24) is 0 Å². The summed E-state index contributed by atoms with van der Waals surface area (Å²) in [4.78, 5) is 14.3. The summed E-state index contributed by atoms with van der Waals surface area (Å²) < 4.78 is 37.2. The molecule has 23 heavy (non-hydrogen) atoms. The predicted molar refractivity (Wildman–Crippen MR) is 81.1 cm³/mol. The van der Waals surface area contributed by atoms with E-state index in [4.69, 9.17) is 0 Å². The van der Waals surface area contributed by atoms with Crippen molar-refractivity contribution in [3.63, 3.8) is 0 Å². The van der Waals surface area contributed by atoms with E-state index < -0.39 is 12.0 Å². The van der Waals surface area contributed by atoms with E-state index in [0.29, 0.717) is 5.56 Å². The third-order valence-electron chi connectivity index (χ3n) is 3.75. The predicted octanol–water partition coefficient (Wildman–Crippen LogP) is 4.37. The van der Waals surface area contributed by atoms with Gasteiger partial charge in [-0.3, -0.25) is 4.79 Å². The summed E-state index contributed by atoms with van der Waals surface area (Å²) in [7, 11) is 0. The minimum absolute atomic E-state index is 0.363. The van der Waals surface area contributed by atoms with Gasteiger partial charge in [-0.25, -0.2) is 4.98 Å². The van der Waals surface area contributed by atoms with Gasteiger partial charge in [-0.2, -0.15) is 13.2 Å². The fourth-order valence-corrected chi connectivity index (χ4v) is 2.50. The monoisotopic (exact) mass is 316 g/mol. The highest BCUT2D eigenvalue weighted by atomic mass is 19.4. The maximum absolute atomic E-state index is 12.4. The number of H-pyrrole nitrogens is 1. The van der Waals surface area contributed by atoms with E-state index in [-0.39, 0.29) is 5.56 Å². The molecule has 2 aromatic carbocycles. The summed E-state index contributed by atoms with van der Waals surface area (Å²) in [6, 6.07) is 13.3. The number of pyridine rings is 1. The molecule has 5 heteroatoms. The van der Waals surface area contributed by atoms with Crippen LogP contribution in [0.5, 0.6) is 0 Å². The Bertz CT molecular complexity index is 883. The number of Topliss-reactive ketones (excluding diaryl/α,β-unsaturated/α-hetero) is 1. The van der Waals surface area contributed by atoms with Gasteiger partial charge in [0.25, 0.3) is 5.78 Å². The van der Waals surface area contributed by atoms with Gasteiger partial charge in [0.1, 0.15) is 0 Å². The van der Waals surface area contributed by atoms with Crippen LogP contribution in [-0.2, 0) is 0 Å². The van der Waals surface area contributed by atoms with Crippen LogP contribution in [0.3, 0.4) is 0 Å². The number of nitrogens with one attached hydrogen (secondary N) is 1. The van der Waals surface area contributed by atoms with Crippen LogP contribution in [0.25, 0.3) is 22.0 Å². The van der Waals surface area contributed by atoms with E-state index in [2.05, 4.69) is 4.98 Å². The Kier molecular flexibility index (Phi) is 3.64. The number of halogens is 3. The topological polar surface area (TPSA) is 31.2 Å². The lowest BCUT2D eigenvalue weighted by atomic mass is 10.0. The molecule has 0 saturated heterocycles. The van der Waals surface area contributed by atoms with Gasteiger partial charge in [0.2, 0.25) is 5.69 Å². The minimum atomic E-state index is -4.85. The summed E-state index contributed by atoms with van der Waals surface area (Å²) in [5.41, 5.74) is 2.26. The largest absolute Gasteiger partial charge is 0.454 e. The van der Waals surface area contributed by atoms with E-state index in [1.54, 1.807) is 0 Å². The van der Waals surface area contributed by atoms with E-state index in [9.17, 15) is 18.0 Å². The SMILES string of the molecule is Cc1cccc2cc(-c3ccc(C(=O)C(F)(F)F)cc3)[nH+]cc12. The van der Waals surface area contributed by atoms with Crippen molar-refractivity contribution in [2.24, 2.45) is 0 Å². The molecule has 116 valence electrons. The van der Waals surface area contributed by atoms with Crippen molar-refractivity contribution >= 4 is 16.6 Å². The summed E-state index contributed by atoms with van der Waals surface area (Å²) in [5, 5.41) is 2.12. The first-order chi connectivity index (χ1) is 10.9. The molecule has 0 unspecified atom stereocenters. The molecular weight excluding hydrogens is 303 g/mol. The number of aromatic amines is 1. The van der Waals surface area contributed by atoms with Crippen LogP contribution in [0.15, 0.2) is 54.7 Å². The van der Waals surface area contributed by atoms with Crippen molar-refractivity contribution in [2.75, 3.05) is 0 Å². The van der Waals surface area contributed by atoms with Crippen molar-refractivity contribution in [3.05, 3.63) is 65.9 Å². The van der Waals surface area contributed by atoms with Crippen LogP contribution >= 0.6 is 0 Å². The highest BCUT2D eigenvalue weighted by molar-refractivity contribution is 6.00. The van der Waals surface area contributed by atoms with Gasteiger partial charge < -0.3 is 0 Å². The molecule has 1 heterocycles. The number of aryl methyl sites for hydroxylation is 1. The number of rotatable bonds is 2. The number of carbonyl (C=O) groups excluding carboxylic acids is 1. The number of benzene rings is 2. The maximum Gasteiger partial charge on any atom is 0.454 e. The van der Waals surface area contributed by atoms with Crippen LogP contribution in [0.1, 0.15) is 15.9 Å². The molecule has 3 aromatic rings. The van der Waals surface area contributed by atoms with Crippen LogP contribution in [0.4, 0.5) is 13.2 Å². The maximum atomic E-state index is 12.4. The Labute approximate surface area is 130 Å². The highest BCUT2D eigenvalue weighted by Gasteiger charge is 2.39. The van der Waals surface area contributed by atoms with Crippen molar-refractivity contribution in [3.8, 4) is 11.3 Å².